The van der Waals surface area contributed by atoms with E-state index >= 15 is 0 Å². The van der Waals surface area contributed by atoms with Crippen molar-refractivity contribution in [1.29, 1.82) is 0 Å². The van der Waals surface area contributed by atoms with Crippen LogP contribution in [0, 0.1) is 0 Å². The molecule has 11 aromatic rings. The predicted octanol–water partition coefficient (Wildman–Crippen LogP) is 14.3. The lowest BCUT2D eigenvalue weighted by Crippen LogP contribution is -2.21. The summed E-state index contributed by atoms with van der Waals surface area (Å²) in [5.41, 5.74) is 17.8. The minimum Gasteiger partial charge on any atom is -0.359 e. The molecule has 61 heavy (non-hydrogen) atoms. The summed E-state index contributed by atoms with van der Waals surface area (Å²) in [6.45, 7) is 4.68. The summed E-state index contributed by atoms with van der Waals surface area (Å²) in [4.78, 5) is 5.62. The summed E-state index contributed by atoms with van der Waals surface area (Å²) in [5, 5.41) is 11.3. The highest BCUT2D eigenvalue weighted by atomic mass is 15.1. The predicted molar refractivity (Wildman–Crippen MR) is 255 cm³/mol. The van der Waals surface area contributed by atoms with Crippen molar-refractivity contribution < 1.29 is 0 Å². The fourth-order valence-corrected chi connectivity index (χ4v) is 10.7. The van der Waals surface area contributed by atoms with Gasteiger partial charge in [0, 0.05) is 54.8 Å². The zero-order valence-corrected chi connectivity index (χ0v) is 33.9. The molecule has 0 fully saturated rings. The van der Waals surface area contributed by atoms with Crippen LogP contribution < -0.4 is 5.32 Å². The van der Waals surface area contributed by atoms with Gasteiger partial charge in [-0.3, -0.25) is 4.99 Å². The van der Waals surface area contributed by atoms with Crippen molar-refractivity contribution in [3.63, 3.8) is 0 Å². The number of anilines is 1. The van der Waals surface area contributed by atoms with Crippen LogP contribution in [0.25, 0.3) is 76.9 Å². The second kappa shape index (κ2) is 12.7. The van der Waals surface area contributed by atoms with Crippen molar-refractivity contribution in [3.8, 4) is 22.5 Å². The number of hydrogen-bond donors (Lipinski definition) is 1. The number of benzene rings is 9. The minimum absolute atomic E-state index is 0.0587. The number of nitrogens with zero attached hydrogens (tertiary/aromatic N) is 3. The van der Waals surface area contributed by atoms with Gasteiger partial charge in [-0.25, -0.2) is 0 Å². The zero-order chi connectivity index (χ0) is 40.4. The molecule has 0 radical (unpaired) electrons. The molecule has 2 aliphatic rings. The number of fused-ring (bicyclic) bond motifs is 12. The Balaban J connectivity index is 0.972. The highest BCUT2D eigenvalue weighted by Crippen LogP contribution is 2.49. The van der Waals surface area contributed by atoms with Crippen molar-refractivity contribution >= 4 is 65.8 Å². The fourth-order valence-electron chi connectivity index (χ4n) is 10.7. The van der Waals surface area contributed by atoms with Gasteiger partial charge in [-0.05, 0) is 87.8 Å². The van der Waals surface area contributed by atoms with E-state index in [2.05, 4.69) is 222 Å². The Kier molecular flexibility index (Phi) is 7.10. The third kappa shape index (κ3) is 4.90. The normalized spacial score (nSPS) is 15.2. The molecule has 2 aromatic heterocycles. The molecule has 0 bridgehead atoms. The maximum Gasteiger partial charge on any atom is 0.145 e. The van der Waals surface area contributed by atoms with E-state index in [0.29, 0.717) is 0 Å². The molecule has 1 aliphatic heterocycles. The fraction of sp³-hybridized carbons (Fsp3) is 0.0702. The molecular weight excluding hydrogens is 741 g/mol. The Labute approximate surface area is 353 Å². The van der Waals surface area contributed by atoms with E-state index in [1.165, 1.54) is 76.6 Å². The number of nitrogens with one attached hydrogen (secondary N) is 1. The quantitative estimate of drug-likeness (QED) is 0.190. The third-order valence-corrected chi connectivity index (χ3v) is 13.5. The summed E-state index contributed by atoms with van der Waals surface area (Å²) in [6, 6.07) is 71.1. The molecule has 3 heterocycles. The summed E-state index contributed by atoms with van der Waals surface area (Å²) in [5.74, 6) is 0. The second-order valence-electron chi connectivity index (χ2n) is 17.2. The van der Waals surface area contributed by atoms with Crippen molar-refractivity contribution in [3.05, 3.63) is 222 Å². The maximum atomic E-state index is 5.62. The van der Waals surface area contributed by atoms with Crippen LogP contribution in [-0.2, 0) is 5.41 Å². The van der Waals surface area contributed by atoms with Gasteiger partial charge >= 0.3 is 0 Å². The topological polar surface area (TPSA) is 34.2 Å². The van der Waals surface area contributed by atoms with Gasteiger partial charge in [-0.1, -0.05) is 153 Å². The second-order valence-corrected chi connectivity index (χ2v) is 17.2. The smallest absolute Gasteiger partial charge is 0.145 e. The van der Waals surface area contributed by atoms with Crippen molar-refractivity contribution in [2.75, 3.05) is 5.32 Å². The SMILES string of the molecule is CC1(C)c2ccccc2-c2cc(C3=NC(c4cccc(-n5c6ccccc6c6cc(-n7c8ccccc8c8ccccc87)ccc65)c4)Nc4c3ccc3ccccc43)ccc21. The van der Waals surface area contributed by atoms with E-state index in [1.54, 1.807) is 0 Å². The van der Waals surface area contributed by atoms with Crippen molar-refractivity contribution in [1.82, 2.24) is 9.13 Å². The molecule has 1 atom stereocenters. The first kappa shape index (κ1) is 34.2. The van der Waals surface area contributed by atoms with Crippen LogP contribution in [0.5, 0.6) is 0 Å². The molecule has 0 spiro atoms. The summed E-state index contributed by atoms with van der Waals surface area (Å²) in [6.07, 6.45) is -0.305. The first-order valence-corrected chi connectivity index (χ1v) is 21.2. The Morgan fingerprint density at radius 3 is 1.80 bits per heavy atom. The molecule has 1 unspecified atom stereocenters. The highest BCUT2D eigenvalue weighted by molar-refractivity contribution is 6.21. The standard InChI is InChI=1S/C57H40N4/c1-57(2)48-22-9-5-18-41(48)46-33-36(27-30-49(46)57)54-45-29-26-35-14-3-4-17-40(35)55(45)59-56(58-54)37-15-13-16-38(32-37)60-52-25-12-8-21-44(52)47-34-39(28-31-53(47)60)61-50-23-10-6-19-42(50)43-20-7-11-24-51(43)61/h3-34,56,59H,1-2H3. The van der Waals surface area contributed by atoms with Crippen molar-refractivity contribution in [2.45, 2.75) is 25.4 Å². The molecule has 288 valence electrons. The van der Waals surface area contributed by atoms with E-state index in [9.17, 15) is 0 Å². The molecule has 4 nitrogen and oxygen atoms in total. The van der Waals surface area contributed by atoms with E-state index in [1.807, 2.05) is 0 Å². The van der Waals surface area contributed by atoms with Crippen LogP contribution in [0.2, 0.25) is 0 Å². The van der Waals surface area contributed by atoms with Gasteiger partial charge < -0.3 is 14.5 Å². The molecule has 9 aromatic carbocycles. The Morgan fingerprint density at radius 1 is 0.443 bits per heavy atom. The van der Waals surface area contributed by atoms with Crippen LogP contribution in [0.15, 0.2) is 199 Å². The summed E-state index contributed by atoms with van der Waals surface area (Å²) < 4.78 is 4.82. The van der Waals surface area contributed by atoms with Gasteiger partial charge in [0.15, 0.2) is 0 Å². The van der Waals surface area contributed by atoms with E-state index in [0.717, 1.165) is 39.5 Å². The lowest BCUT2D eigenvalue weighted by molar-refractivity contribution is 0.660. The van der Waals surface area contributed by atoms with Gasteiger partial charge in [-0.2, -0.15) is 0 Å². The number of aliphatic imine (C=N–C) groups is 1. The number of hydrogen-bond acceptors (Lipinski definition) is 2. The highest BCUT2D eigenvalue weighted by Gasteiger charge is 2.36. The Bertz CT molecular complexity index is 3620. The van der Waals surface area contributed by atoms with Crippen LogP contribution in [0.4, 0.5) is 5.69 Å². The lowest BCUT2D eigenvalue weighted by Gasteiger charge is -2.28. The van der Waals surface area contributed by atoms with Crippen LogP contribution in [0.3, 0.4) is 0 Å². The largest absolute Gasteiger partial charge is 0.359 e. The number of aromatic nitrogens is 2. The van der Waals surface area contributed by atoms with E-state index in [-0.39, 0.29) is 11.6 Å². The summed E-state index contributed by atoms with van der Waals surface area (Å²) >= 11 is 0. The van der Waals surface area contributed by atoms with Gasteiger partial charge in [0.1, 0.15) is 6.17 Å². The molecular formula is C57H40N4. The molecule has 1 aliphatic carbocycles. The molecule has 13 rings (SSSR count). The Morgan fingerprint density at radius 2 is 1.05 bits per heavy atom. The van der Waals surface area contributed by atoms with E-state index < -0.39 is 0 Å². The first-order valence-electron chi connectivity index (χ1n) is 21.2. The van der Waals surface area contributed by atoms with Crippen molar-refractivity contribution in [2.24, 2.45) is 4.99 Å². The van der Waals surface area contributed by atoms with E-state index in [4.69, 9.17) is 4.99 Å². The van der Waals surface area contributed by atoms with Gasteiger partial charge in [0.2, 0.25) is 0 Å². The first-order chi connectivity index (χ1) is 30.0. The molecule has 1 N–H and O–H groups in total. The maximum absolute atomic E-state index is 5.62. The lowest BCUT2D eigenvalue weighted by atomic mass is 9.82. The molecule has 4 heteroatoms. The third-order valence-electron chi connectivity index (χ3n) is 13.5. The van der Waals surface area contributed by atoms with Crippen LogP contribution in [0.1, 0.15) is 47.8 Å². The summed E-state index contributed by atoms with van der Waals surface area (Å²) in [7, 11) is 0. The van der Waals surface area contributed by atoms with Gasteiger partial charge in [0.25, 0.3) is 0 Å². The molecule has 0 saturated heterocycles. The average Bonchev–Trinajstić information content (AvgIpc) is 3.91. The molecule has 0 saturated carbocycles. The van der Waals surface area contributed by atoms with Gasteiger partial charge in [0.05, 0.1) is 33.5 Å². The van der Waals surface area contributed by atoms with Gasteiger partial charge in [-0.15, -0.1) is 0 Å². The number of rotatable bonds is 4. The van der Waals surface area contributed by atoms with Crippen LogP contribution in [-0.4, -0.2) is 14.8 Å². The minimum atomic E-state index is -0.305. The Hall–Kier alpha value is -7.69. The monoisotopic (exact) mass is 780 g/mol. The average molecular weight is 781 g/mol. The van der Waals surface area contributed by atoms with Crippen LogP contribution >= 0.6 is 0 Å². The molecule has 0 amide bonds. The number of para-hydroxylation sites is 3. The zero-order valence-electron chi connectivity index (χ0n) is 33.9.